The Morgan fingerprint density at radius 1 is 1.02 bits per heavy atom. The van der Waals surface area contributed by atoms with Crippen molar-refractivity contribution in [2.75, 3.05) is 45.4 Å². The molecular formula is C26H33F3N4O7S2. The molecule has 1 heterocycles. The number of carbonyl (C=O) groups is 2. The van der Waals surface area contributed by atoms with Gasteiger partial charge in [0.2, 0.25) is 5.91 Å². The molecule has 2 aromatic rings. The molecule has 3 rings (SSSR count). The highest BCUT2D eigenvalue weighted by Crippen LogP contribution is 2.15. The number of aliphatic carboxylic acids is 1. The van der Waals surface area contributed by atoms with Gasteiger partial charge in [0.1, 0.15) is 11.7 Å². The number of alkyl halides is 3. The lowest BCUT2D eigenvalue weighted by Gasteiger charge is -2.17. The molecule has 1 amide bonds. The summed E-state index contributed by atoms with van der Waals surface area (Å²) in [6, 6.07) is 13.3. The van der Waals surface area contributed by atoms with Crippen LogP contribution >= 0.6 is 0 Å². The first-order chi connectivity index (χ1) is 19.5. The van der Waals surface area contributed by atoms with Crippen molar-refractivity contribution in [2.45, 2.75) is 35.2 Å². The third kappa shape index (κ3) is 11.4. The highest BCUT2D eigenvalue weighted by molar-refractivity contribution is 7.91. The first-order valence-electron chi connectivity index (χ1n) is 12.7. The van der Waals surface area contributed by atoms with Crippen LogP contribution in [0.25, 0.3) is 0 Å². The second-order valence-electron chi connectivity index (χ2n) is 9.33. The molecule has 0 atom stereocenters. The molecule has 0 spiro atoms. The van der Waals surface area contributed by atoms with Gasteiger partial charge in [0.25, 0.3) is 0 Å². The van der Waals surface area contributed by atoms with Crippen LogP contribution in [0.2, 0.25) is 0 Å². The van der Waals surface area contributed by atoms with Gasteiger partial charge in [-0.1, -0.05) is 24.3 Å². The first-order valence-corrected chi connectivity index (χ1v) is 16.2. The molecule has 232 valence electrons. The Labute approximate surface area is 242 Å². The van der Waals surface area contributed by atoms with E-state index < -0.39 is 31.8 Å². The van der Waals surface area contributed by atoms with Crippen LogP contribution in [0.1, 0.15) is 24.0 Å². The molecule has 0 bridgehead atoms. The lowest BCUT2D eigenvalue weighted by molar-refractivity contribution is -0.192. The smallest absolute Gasteiger partial charge is 0.475 e. The second kappa shape index (κ2) is 15.1. The molecule has 0 aliphatic carbocycles. The second-order valence-corrected chi connectivity index (χ2v) is 13.3. The summed E-state index contributed by atoms with van der Waals surface area (Å²) in [5, 5.41) is 13.2. The molecular weight excluding hydrogens is 601 g/mol. The lowest BCUT2D eigenvalue weighted by Crippen LogP contribution is -2.30. The molecule has 0 fully saturated rings. The standard InChI is InChI=1S/C24H32N4O5S2.C2HF3O2/c1-28(17-13-19-5-7-20(8-6-19)24-26-15-16-27-24)23(29)4-3-14-25-18-35(32,33)22-11-9-21(10-12-22)34(2,30)31;3-2(4,5)1(6)7/h5-12,25H,3-4,13-18H2,1-2H3,(H,26,27);(H,6,7). The van der Waals surface area contributed by atoms with Crippen LogP contribution in [0.5, 0.6) is 0 Å². The van der Waals surface area contributed by atoms with Gasteiger partial charge in [-0.05, 0) is 49.2 Å². The summed E-state index contributed by atoms with van der Waals surface area (Å²) in [4.78, 5) is 27.5. The molecule has 1 aliphatic rings. The molecule has 2 aromatic carbocycles. The molecule has 0 saturated heterocycles. The van der Waals surface area contributed by atoms with E-state index in [1.807, 2.05) is 12.1 Å². The molecule has 42 heavy (non-hydrogen) atoms. The fourth-order valence-corrected chi connectivity index (χ4v) is 5.34. The monoisotopic (exact) mass is 634 g/mol. The molecule has 11 nitrogen and oxygen atoms in total. The number of carboxylic acid groups (broad SMARTS) is 1. The number of sulfone groups is 2. The summed E-state index contributed by atoms with van der Waals surface area (Å²) in [6.45, 7) is 2.65. The van der Waals surface area contributed by atoms with Crippen molar-refractivity contribution in [3.63, 3.8) is 0 Å². The van der Waals surface area contributed by atoms with Gasteiger partial charge < -0.3 is 20.6 Å². The van der Waals surface area contributed by atoms with Gasteiger partial charge >= 0.3 is 12.1 Å². The van der Waals surface area contributed by atoms with E-state index >= 15 is 0 Å². The number of nitrogens with one attached hydrogen (secondary N) is 2. The minimum Gasteiger partial charge on any atom is -0.475 e. The number of carboxylic acids is 1. The van der Waals surface area contributed by atoms with Crippen LogP contribution in [-0.4, -0.2) is 96.1 Å². The number of rotatable bonds is 12. The quantitative estimate of drug-likeness (QED) is 0.296. The number of nitrogens with zero attached hydrogens (tertiary/aromatic N) is 2. The number of likely N-dealkylation sites (N-methyl/N-ethyl adjacent to an activating group) is 1. The Kier molecular flexibility index (Phi) is 12.5. The lowest BCUT2D eigenvalue weighted by atomic mass is 10.1. The van der Waals surface area contributed by atoms with Crippen molar-refractivity contribution in [1.82, 2.24) is 15.5 Å². The van der Waals surface area contributed by atoms with E-state index in [9.17, 15) is 34.8 Å². The van der Waals surface area contributed by atoms with E-state index in [2.05, 4.69) is 27.8 Å². The summed E-state index contributed by atoms with van der Waals surface area (Å²) >= 11 is 0. The van der Waals surface area contributed by atoms with Gasteiger partial charge in [-0.25, -0.2) is 21.6 Å². The van der Waals surface area contributed by atoms with Crippen LogP contribution in [0.15, 0.2) is 63.3 Å². The summed E-state index contributed by atoms with van der Waals surface area (Å²) in [5.41, 5.74) is 2.21. The highest BCUT2D eigenvalue weighted by atomic mass is 32.2. The molecule has 0 radical (unpaired) electrons. The fraction of sp³-hybridized carbons (Fsp3) is 0.423. The Morgan fingerprint density at radius 3 is 2.10 bits per heavy atom. The number of benzene rings is 2. The van der Waals surface area contributed by atoms with Crippen molar-refractivity contribution < 1.29 is 44.7 Å². The first kappa shape index (κ1) is 34.7. The van der Waals surface area contributed by atoms with Crippen LogP contribution in [0.4, 0.5) is 13.2 Å². The minimum atomic E-state index is -5.08. The Hall–Kier alpha value is -3.50. The van der Waals surface area contributed by atoms with E-state index in [1.54, 1.807) is 11.9 Å². The number of amides is 1. The Morgan fingerprint density at radius 2 is 1.60 bits per heavy atom. The van der Waals surface area contributed by atoms with Crippen molar-refractivity contribution in [1.29, 1.82) is 0 Å². The largest absolute Gasteiger partial charge is 0.490 e. The molecule has 16 heteroatoms. The third-order valence-corrected chi connectivity index (χ3v) is 8.66. The van der Waals surface area contributed by atoms with Gasteiger partial charge in [0.05, 0.1) is 16.3 Å². The van der Waals surface area contributed by atoms with Crippen LogP contribution in [-0.2, 0) is 35.7 Å². The van der Waals surface area contributed by atoms with Gasteiger partial charge in [-0.2, -0.15) is 13.2 Å². The van der Waals surface area contributed by atoms with Crippen molar-refractivity contribution in [2.24, 2.45) is 4.99 Å². The van der Waals surface area contributed by atoms with Gasteiger partial charge in [0, 0.05) is 38.4 Å². The topological polar surface area (TPSA) is 162 Å². The number of aliphatic imine (C=N–C) groups is 1. The molecule has 1 aliphatic heterocycles. The average molecular weight is 635 g/mol. The van der Waals surface area contributed by atoms with Crippen molar-refractivity contribution >= 4 is 37.4 Å². The predicted octanol–water partition coefficient (Wildman–Crippen LogP) is 1.88. The molecule has 0 unspecified atom stereocenters. The number of hydrogen-bond donors (Lipinski definition) is 3. The van der Waals surface area contributed by atoms with Gasteiger partial charge in [0.15, 0.2) is 19.7 Å². The number of hydrogen-bond acceptors (Lipinski definition) is 9. The van der Waals surface area contributed by atoms with E-state index in [0.29, 0.717) is 25.9 Å². The van der Waals surface area contributed by atoms with E-state index in [1.165, 1.54) is 24.3 Å². The molecule has 3 N–H and O–H groups in total. The van der Waals surface area contributed by atoms with Crippen LogP contribution < -0.4 is 10.6 Å². The summed E-state index contributed by atoms with van der Waals surface area (Å²) in [5.74, 6) is -2.11. The summed E-state index contributed by atoms with van der Waals surface area (Å²) in [7, 11) is -5.21. The maximum absolute atomic E-state index is 12.4. The fourth-order valence-electron chi connectivity index (χ4n) is 3.58. The zero-order chi connectivity index (χ0) is 31.6. The third-order valence-electron chi connectivity index (χ3n) is 5.95. The number of carbonyl (C=O) groups excluding carboxylic acids is 1. The summed E-state index contributed by atoms with van der Waals surface area (Å²) < 4.78 is 79.6. The van der Waals surface area contributed by atoms with Crippen molar-refractivity contribution in [3.8, 4) is 0 Å². The van der Waals surface area contributed by atoms with Crippen molar-refractivity contribution in [3.05, 3.63) is 59.7 Å². The predicted molar refractivity (Wildman–Crippen MR) is 150 cm³/mol. The van der Waals surface area contributed by atoms with Gasteiger partial charge in [-0.15, -0.1) is 0 Å². The zero-order valence-electron chi connectivity index (χ0n) is 23.0. The van der Waals surface area contributed by atoms with Crippen LogP contribution in [0.3, 0.4) is 0 Å². The molecule has 0 aromatic heterocycles. The number of amidine groups is 1. The number of halogens is 3. The SMILES string of the molecule is CN(CCc1ccc(C2=NCCN2)cc1)C(=O)CCCNCS(=O)(=O)c1ccc(S(C)(=O)=O)cc1.O=C(O)C(F)(F)F. The minimum absolute atomic E-state index is 0.00662. The van der Waals surface area contributed by atoms with E-state index in [4.69, 9.17) is 9.90 Å². The Balaban J connectivity index is 0.000000782. The molecule has 0 saturated carbocycles. The van der Waals surface area contributed by atoms with Gasteiger partial charge in [-0.3, -0.25) is 9.79 Å². The average Bonchev–Trinajstić information content (AvgIpc) is 3.46. The van der Waals surface area contributed by atoms with E-state index in [-0.39, 0.29) is 21.6 Å². The maximum Gasteiger partial charge on any atom is 0.490 e. The van der Waals surface area contributed by atoms with E-state index in [0.717, 1.165) is 42.7 Å². The zero-order valence-corrected chi connectivity index (χ0v) is 24.7. The normalized spacial score (nSPS) is 13.4. The summed E-state index contributed by atoms with van der Waals surface area (Å²) in [6.07, 6.45) is -2.44. The van der Waals surface area contributed by atoms with Crippen LogP contribution in [0, 0.1) is 0 Å². The highest BCUT2D eigenvalue weighted by Gasteiger charge is 2.38. The maximum atomic E-state index is 12.4. The Bertz CT molecular complexity index is 1460.